The van der Waals surface area contributed by atoms with Gasteiger partial charge in [0, 0.05) is 49.2 Å². The van der Waals surface area contributed by atoms with Crippen molar-refractivity contribution in [2.24, 2.45) is 0 Å². The Labute approximate surface area is 229 Å². The Morgan fingerprint density at radius 1 is 0.789 bits per heavy atom. The number of hydrogen-bond donors (Lipinski definition) is 0. The van der Waals surface area contributed by atoms with Crippen molar-refractivity contribution in [1.82, 2.24) is 14.9 Å². The summed E-state index contributed by atoms with van der Waals surface area (Å²) in [7, 11) is 6.18. The molecule has 0 bridgehead atoms. The van der Waals surface area contributed by atoms with Crippen LogP contribution in [0.4, 0.5) is 11.5 Å². The zero-order valence-electron chi connectivity index (χ0n) is 24.0. The summed E-state index contributed by atoms with van der Waals surface area (Å²) in [4.78, 5) is 17.7. The highest BCUT2D eigenvalue weighted by Crippen LogP contribution is 2.42. The first-order valence-corrected chi connectivity index (χ1v) is 14.7. The number of aromatic nitrogens is 2. The highest BCUT2D eigenvalue weighted by molar-refractivity contribution is 5.92. The van der Waals surface area contributed by atoms with Crippen LogP contribution in [0.2, 0.25) is 0 Å². The molecule has 3 aliphatic rings. The van der Waals surface area contributed by atoms with E-state index in [1.165, 1.54) is 42.3 Å². The van der Waals surface area contributed by atoms with Crippen LogP contribution in [0.15, 0.2) is 42.5 Å². The summed E-state index contributed by atoms with van der Waals surface area (Å²) in [6.07, 6.45) is 7.10. The lowest BCUT2D eigenvalue weighted by molar-refractivity contribution is 0.249. The molecular formula is C32H45N5O. The van der Waals surface area contributed by atoms with Crippen molar-refractivity contribution in [2.75, 3.05) is 57.2 Å². The Kier molecular flexibility index (Phi) is 8.37. The monoisotopic (exact) mass is 515 g/mol. The van der Waals surface area contributed by atoms with Gasteiger partial charge in [0.05, 0.1) is 12.6 Å². The van der Waals surface area contributed by atoms with E-state index < -0.39 is 0 Å². The molecule has 2 saturated heterocycles. The maximum Gasteiger partial charge on any atom is 0.140 e. The van der Waals surface area contributed by atoms with Crippen LogP contribution in [-0.4, -0.2) is 68.3 Å². The lowest BCUT2D eigenvalue weighted by Gasteiger charge is -2.37. The topological polar surface area (TPSA) is 44.7 Å². The molecule has 0 atom stereocenters. The number of nitrogens with zero attached hydrogens (tertiary/aromatic N) is 5. The van der Waals surface area contributed by atoms with E-state index in [2.05, 4.69) is 71.3 Å². The molecule has 6 heteroatoms. The van der Waals surface area contributed by atoms with Gasteiger partial charge in [0.2, 0.25) is 0 Å². The van der Waals surface area contributed by atoms with Gasteiger partial charge in [-0.25, -0.2) is 9.97 Å². The predicted octanol–water partition coefficient (Wildman–Crippen LogP) is 6.46. The maximum absolute atomic E-state index is 5.67. The highest BCUT2D eigenvalue weighted by Gasteiger charge is 2.30. The minimum absolute atomic E-state index is 0.530. The third-order valence-corrected chi connectivity index (χ3v) is 8.55. The van der Waals surface area contributed by atoms with Crippen LogP contribution in [0.1, 0.15) is 75.6 Å². The van der Waals surface area contributed by atoms with E-state index in [0.29, 0.717) is 17.9 Å². The van der Waals surface area contributed by atoms with Gasteiger partial charge in [0.15, 0.2) is 0 Å². The Morgan fingerprint density at radius 3 is 2.13 bits per heavy atom. The zero-order chi connectivity index (χ0) is 26.6. The Bertz CT molecular complexity index is 1210. The van der Waals surface area contributed by atoms with Crippen LogP contribution in [0, 0.1) is 0 Å². The molecular weight excluding hydrogens is 470 g/mol. The molecule has 0 N–H and O–H groups in total. The minimum Gasteiger partial charge on any atom is -0.496 e. The zero-order valence-corrected chi connectivity index (χ0v) is 24.0. The minimum atomic E-state index is 0.530. The summed E-state index contributed by atoms with van der Waals surface area (Å²) in [5, 5.41) is 1.21. The highest BCUT2D eigenvalue weighted by atomic mass is 16.5. The van der Waals surface area contributed by atoms with Crippen LogP contribution in [-0.2, 0) is 0 Å². The van der Waals surface area contributed by atoms with E-state index in [-0.39, 0.29) is 0 Å². The van der Waals surface area contributed by atoms with Gasteiger partial charge in [-0.15, -0.1) is 0 Å². The summed E-state index contributed by atoms with van der Waals surface area (Å²) in [6.45, 7) is 8.23. The van der Waals surface area contributed by atoms with Crippen molar-refractivity contribution in [3.8, 4) is 5.75 Å². The Morgan fingerprint density at radius 2 is 1.47 bits per heavy atom. The molecule has 3 heterocycles. The average Bonchev–Trinajstić information content (AvgIpc) is 3.83. The standard InChI is InChI=1S/C30H39N5O.C2H6/c1-33(2)23-14-18-34(19-15-23)24-10-11-27-26(20-24)30(32-29(31-27)22-8-9-22)35-16-12-21(13-17-35)25-6-4-5-7-28(25)36-3;1-2/h4-7,10-11,20-23H,8-9,12-19H2,1-3H3;1-2H3. The molecule has 2 aromatic carbocycles. The number of methoxy groups -OCH3 is 1. The first-order valence-electron chi connectivity index (χ1n) is 14.7. The van der Waals surface area contributed by atoms with E-state index in [1.54, 1.807) is 7.11 Å². The molecule has 0 unspecified atom stereocenters. The SMILES string of the molecule is CC.COc1ccccc1C1CCN(c2nc(C3CC3)nc3ccc(N4CCC(N(C)C)CC4)cc23)CC1. The third kappa shape index (κ3) is 5.61. The molecule has 0 radical (unpaired) electrons. The fourth-order valence-corrected chi connectivity index (χ4v) is 6.13. The van der Waals surface area contributed by atoms with Gasteiger partial charge < -0.3 is 19.4 Å². The maximum atomic E-state index is 5.67. The van der Waals surface area contributed by atoms with Gasteiger partial charge in [-0.05, 0) is 88.4 Å². The van der Waals surface area contributed by atoms with Crippen molar-refractivity contribution < 1.29 is 4.74 Å². The molecule has 6 rings (SSSR count). The normalized spacial score (nSPS) is 19.0. The molecule has 1 aliphatic carbocycles. The quantitative estimate of drug-likeness (QED) is 0.376. The smallest absolute Gasteiger partial charge is 0.140 e. The summed E-state index contributed by atoms with van der Waals surface area (Å²) in [5.74, 6) is 4.28. The van der Waals surface area contributed by atoms with E-state index in [4.69, 9.17) is 14.7 Å². The number of ether oxygens (including phenoxy) is 1. The second kappa shape index (κ2) is 11.9. The molecule has 204 valence electrons. The van der Waals surface area contributed by atoms with E-state index >= 15 is 0 Å². The summed E-state index contributed by atoms with van der Waals surface area (Å²) in [6, 6.07) is 16.1. The molecule has 0 amide bonds. The van der Waals surface area contributed by atoms with Gasteiger partial charge in [0.25, 0.3) is 0 Å². The lowest BCUT2D eigenvalue weighted by Crippen LogP contribution is -2.42. The lowest BCUT2D eigenvalue weighted by atomic mass is 9.88. The first-order chi connectivity index (χ1) is 18.6. The van der Waals surface area contributed by atoms with Crippen molar-refractivity contribution in [3.63, 3.8) is 0 Å². The molecule has 0 spiro atoms. The van der Waals surface area contributed by atoms with Crippen LogP contribution >= 0.6 is 0 Å². The van der Waals surface area contributed by atoms with Crippen LogP contribution in [0.25, 0.3) is 10.9 Å². The summed E-state index contributed by atoms with van der Waals surface area (Å²) >= 11 is 0. The van der Waals surface area contributed by atoms with E-state index in [9.17, 15) is 0 Å². The van der Waals surface area contributed by atoms with Crippen molar-refractivity contribution in [3.05, 3.63) is 53.9 Å². The van der Waals surface area contributed by atoms with Gasteiger partial charge in [-0.3, -0.25) is 0 Å². The number of benzene rings is 2. The largest absolute Gasteiger partial charge is 0.496 e. The Balaban J connectivity index is 0.00000144. The molecule has 2 aliphatic heterocycles. The number of anilines is 2. The molecule has 1 saturated carbocycles. The number of hydrogen-bond acceptors (Lipinski definition) is 6. The number of para-hydroxylation sites is 1. The number of fused-ring (bicyclic) bond motifs is 1. The molecule has 3 fully saturated rings. The fourth-order valence-electron chi connectivity index (χ4n) is 6.13. The second-order valence-corrected chi connectivity index (χ2v) is 11.1. The Hall–Kier alpha value is -2.86. The van der Waals surface area contributed by atoms with Gasteiger partial charge >= 0.3 is 0 Å². The average molecular weight is 516 g/mol. The van der Waals surface area contributed by atoms with E-state index in [0.717, 1.165) is 61.9 Å². The summed E-state index contributed by atoms with van der Waals surface area (Å²) < 4.78 is 5.67. The first kappa shape index (κ1) is 26.7. The number of piperidine rings is 2. The van der Waals surface area contributed by atoms with Gasteiger partial charge in [-0.2, -0.15) is 0 Å². The number of rotatable bonds is 6. The third-order valence-electron chi connectivity index (χ3n) is 8.55. The van der Waals surface area contributed by atoms with Gasteiger partial charge in [0.1, 0.15) is 17.4 Å². The predicted molar refractivity (Wildman–Crippen MR) is 159 cm³/mol. The molecule has 3 aromatic rings. The summed E-state index contributed by atoms with van der Waals surface area (Å²) in [5.41, 5.74) is 3.75. The molecule has 6 nitrogen and oxygen atoms in total. The molecule has 1 aromatic heterocycles. The van der Waals surface area contributed by atoms with Crippen LogP contribution in [0.3, 0.4) is 0 Å². The van der Waals surface area contributed by atoms with E-state index in [1.807, 2.05) is 13.8 Å². The second-order valence-electron chi connectivity index (χ2n) is 11.1. The fraction of sp³-hybridized carbons (Fsp3) is 0.562. The van der Waals surface area contributed by atoms with Gasteiger partial charge in [-0.1, -0.05) is 32.0 Å². The van der Waals surface area contributed by atoms with Crippen molar-refractivity contribution in [1.29, 1.82) is 0 Å². The van der Waals surface area contributed by atoms with Crippen molar-refractivity contribution in [2.45, 2.75) is 70.3 Å². The van der Waals surface area contributed by atoms with Crippen molar-refractivity contribution >= 4 is 22.4 Å². The van der Waals surface area contributed by atoms with Crippen LogP contribution < -0.4 is 14.5 Å². The van der Waals surface area contributed by atoms with Crippen LogP contribution in [0.5, 0.6) is 5.75 Å². The molecule has 38 heavy (non-hydrogen) atoms.